The lowest BCUT2D eigenvalue weighted by Gasteiger charge is -2.24. The SMILES string of the molecule is C=CCCCN(C)C(=O)[C@@H](N)[C@H](C)CC. The summed E-state index contributed by atoms with van der Waals surface area (Å²) < 4.78 is 0. The third-order valence-corrected chi connectivity index (χ3v) is 2.82. The molecule has 2 N–H and O–H groups in total. The van der Waals surface area contributed by atoms with Gasteiger partial charge in [-0.05, 0) is 18.8 Å². The van der Waals surface area contributed by atoms with E-state index in [9.17, 15) is 4.79 Å². The van der Waals surface area contributed by atoms with Gasteiger partial charge in [-0.1, -0.05) is 26.3 Å². The molecular weight excluding hydrogens is 188 g/mol. The normalized spacial score (nSPS) is 14.4. The van der Waals surface area contributed by atoms with Crippen LogP contribution in [0.3, 0.4) is 0 Å². The first-order chi connectivity index (χ1) is 7.04. The largest absolute Gasteiger partial charge is 0.344 e. The van der Waals surface area contributed by atoms with E-state index in [0.717, 1.165) is 25.8 Å². The summed E-state index contributed by atoms with van der Waals surface area (Å²) in [5.74, 6) is 0.299. The van der Waals surface area contributed by atoms with E-state index in [1.807, 2.05) is 20.0 Å². The van der Waals surface area contributed by atoms with E-state index in [-0.39, 0.29) is 17.9 Å². The van der Waals surface area contributed by atoms with Crippen molar-refractivity contribution < 1.29 is 4.79 Å². The van der Waals surface area contributed by atoms with Gasteiger partial charge in [0.1, 0.15) is 0 Å². The van der Waals surface area contributed by atoms with Crippen LogP contribution >= 0.6 is 0 Å². The van der Waals surface area contributed by atoms with Crippen molar-refractivity contribution in [2.24, 2.45) is 11.7 Å². The van der Waals surface area contributed by atoms with E-state index in [1.54, 1.807) is 4.90 Å². The number of carbonyl (C=O) groups is 1. The van der Waals surface area contributed by atoms with Crippen LogP contribution in [-0.4, -0.2) is 30.4 Å². The second kappa shape index (κ2) is 7.46. The van der Waals surface area contributed by atoms with E-state index in [1.165, 1.54) is 0 Å². The molecule has 0 fully saturated rings. The quantitative estimate of drug-likeness (QED) is 0.516. The number of amides is 1. The van der Waals surface area contributed by atoms with E-state index < -0.39 is 0 Å². The molecule has 0 bridgehead atoms. The van der Waals surface area contributed by atoms with E-state index in [2.05, 4.69) is 13.5 Å². The van der Waals surface area contributed by atoms with E-state index >= 15 is 0 Å². The summed E-state index contributed by atoms with van der Waals surface area (Å²) in [6, 6.07) is -0.358. The monoisotopic (exact) mass is 212 g/mol. The molecule has 3 nitrogen and oxygen atoms in total. The van der Waals surface area contributed by atoms with Gasteiger partial charge in [-0.3, -0.25) is 4.79 Å². The molecule has 0 aliphatic rings. The highest BCUT2D eigenvalue weighted by atomic mass is 16.2. The second-order valence-corrected chi connectivity index (χ2v) is 4.10. The van der Waals surface area contributed by atoms with Gasteiger partial charge in [0.25, 0.3) is 0 Å². The summed E-state index contributed by atoms with van der Waals surface area (Å²) in [6.07, 6.45) is 4.70. The molecule has 0 aromatic rings. The molecule has 15 heavy (non-hydrogen) atoms. The molecule has 0 heterocycles. The summed E-state index contributed by atoms with van der Waals surface area (Å²) in [6.45, 7) is 8.47. The highest BCUT2D eigenvalue weighted by Gasteiger charge is 2.22. The topological polar surface area (TPSA) is 46.3 Å². The maximum absolute atomic E-state index is 11.8. The lowest BCUT2D eigenvalue weighted by molar-refractivity contribution is -0.132. The number of carbonyl (C=O) groups excluding carboxylic acids is 1. The molecule has 0 spiro atoms. The zero-order chi connectivity index (χ0) is 11.8. The fourth-order valence-corrected chi connectivity index (χ4v) is 1.33. The van der Waals surface area contributed by atoms with Crippen LogP contribution < -0.4 is 5.73 Å². The highest BCUT2D eigenvalue weighted by molar-refractivity contribution is 5.81. The van der Waals surface area contributed by atoms with Crippen molar-refractivity contribution in [1.82, 2.24) is 4.90 Å². The van der Waals surface area contributed by atoms with Crippen LogP contribution in [-0.2, 0) is 4.79 Å². The van der Waals surface area contributed by atoms with Gasteiger partial charge in [0.15, 0.2) is 0 Å². The van der Waals surface area contributed by atoms with Crippen LogP contribution in [0.5, 0.6) is 0 Å². The number of hydrogen-bond acceptors (Lipinski definition) is 2. The molecule has 0 aromatic carbocycles. The molecule has 0 aromatic heterocycles. The van der Waals surface area contributed by atoms with Crippen molar-refractivity contribution in [1.29, 1.82) is 0 Å². The van der Waals surface area contributed by atoms with E-state index in [4.69, 9.17) is 5.73 Å². The minimum atomic E-state index is -0.358. The van der Waals surface area contributed by atoms with Gasteiger partial charge in [0.2, 0.25) is 5.91 Å². The standard InChI is InChI=1S/C12H24N2O/c1-5-7-8-9-14(4)12(15)11(13)10(3)6-2/h5,10-11H,1,6-9,13H2,2-4H3/t10-,11+/m1/s1. The number of hydrogen-bond donors (Lipinski definition) is 1. The van der Waals surface area contributed by atoms with Crippen LogP contribution in [0.25, 0.3) is 0 Å². The Kier molecular flexibility index (Phi) is 7.05. The Hall–Kier alpha value is -0.830. The van der Waals surface area contributed by atoms with Gasteiger partial charge >= 0.3 is 0 Å². The molecule has 0 saturated carbocycles. The first-order valence-corrected chi connectivity index (χ1v) is 5.66. The molecule has 0 saturated heterocycles. The van der Waals surface area contributed by atoms with Crippen LogP contribution in [0.2, 0.25) is 0 Å². The van der Waals surface area contributed by atoms with Gasteiger partial charge in [-0.25, -0.2) is 0 Å². The number of unbranched alkanes of at least 4 members (excludes halogenated alkanes) is 1. The Morgan fingerprint density at radius 2 is 2.20 bits per heavy atom. The predicted octanol–water partition coefficient (Wildman–Crippen LogP) is 1.78. The Labute approximate surface area is 93.3 Å². The molecule has 2 atom stereocenters. The van der Waals surface area contributed by atoms with Gasteiger partial charge in [0, 0.05) is 13.6 Å². The number of nitrogens with two attached hydrogens (primary N) is 1. The summed E-state index contributed by atoms with van der Waals surface area (Å²) in [5.41, 5.74) is 5.87. The molecule has 88 valence electrons. The number of rotatable bonds is 7. The fourth-order valence-electron chi connectivity index (χ4n) is 1.33. The summed E-state index contributed by atoms with van der Waals surface area (Å²) in [5, 5.41) is 0. The smallest absolute Gasteiger partial charge is 0.239 e. The van der Waals surface area contributed by atoms with Crippen molar-refractivity contribution in [2.45, 2.75) is 39.2 Å². The minimum absolute atomic E-state index is 0.0495. The molecule has 0 radical (unpaired) electrons. The fraction of sp³-hybridized carbons (Fsp3) is 0.750. The molecule has 0 aliphatic carbocycles. The Morgan fingerprint density at radius 1 is 1.60 bits per heavy atom. The first-order valence-electron chi connectivity index (χ1n) is 5.66. The Bertz CT molecular complexity index is 204. The van der Waals surface area contributed by atoms with Crippen molar-refractivity contribution in [3.05, 3.63) is 12.7 Å². The minimum Gasteiger partial charge on any atom is -0.344 e. The third-order valence-electron chi connectivity index (χ3n) is 2.82. The van der Waals surface area contributed by atoms with Crippen LogP contribution in [0.4, 0.5) is 0 Å². The van der Waals surface area contributed by atoms with Crippen molar-refractivity contribution in [2.75, 3.05) is 13.6 Å². The molecule has 1 amide bonds. The molecule has 0 aliphatic heterocycles. The second-order valence-electron chi connectivity index (χ2n) is 4.10. The average Bonchev–Trinajstić information content (AvgIpc) is 2.26. The van der Waals surface area contributed by atoms with E-state index in [0.29, 0.717) is 0 Å². The zero-order valence-corrected chi connectivity index (χ0v) is 10.2. The number of nitrogens with zero attached hydrogens (tertiary/aromatic N) is 1. The Morgan fingerprint density at radius 3 is 2.67 bits per heavy atom. The van der Waals surface area contributed by atoms with Gasteiger partial charge in [-0.2, -0.15) is 0 Å². The van der Waals surface area contributed by atoms with Crippen molar-refractivity contribution >= 4 is 5.91 Å². The van der Waals surface area contributed by atoms with Gasteiger partial charge in [-0.15, -0.1) is 6.58 Å². The lowest BCUT2D eigenvalue weighted by atomic mass is 9.99. The molecule has 0 unspecified atom stereocenters. The van der Waals surface area contributed by atoms with Crippen molar-refractivity contribution in [3.8, 4) is 0 Å². The zero-order valence-electron chi connectivity index (χ0n) is 10.2. The number of likely N-dealkylation sites (N-methyl/N-ethyl adjacent to an activating group) is 1. The van der Waals surface area contributed by atoms with Crippen LogP contribution in [0.1, 0.15) is 33.1 Å². The molecule has 0 rings (SSSR count). The summed E-state index contributed by atoms with van der Waals surface area (Å²) in [7, 11) is 1.81. The number of allylic oxidation sites excluding steroid dienone is 1. The maximum atomic E-state index is 11.8. The van der Waals surface area contributed by atoms with Crippen LogP contribution in [0.15, 0.2) is 12.7 Å². The van der Waals surface area contributed by atoms with Gasteiger partial charge in [0.05, 0.1) is 6.04 Å². The summed E-state index contributed by atoms with van der Waals surface area (Å²) >= 11 is 0. The Balaban J connectivity index is 4.01. The predicted molar refractivity (Wildman–Crippen MR) is 64.5 cm³/mol. The highest BCUT2D eigenvalue weighted by Crippen LogP contribution is 2.08. The molecule has 3 heteroatoms. The maximum Gasteiger partial charge on any atom is 0.239 e. The third kappa shape index (κ3) is 4.98. The first kappa shape index (κ1) is 14.2. The van der Waals surface area contributed by atoms with Crippen LogP contribution in [0, 0.1) is 5.92 Å². The summed E-state index contributed by atoms with van der Waals surface area (Å²) in [4.78, 5) is 13.5. The average molecular weight is 212 g/mol. The van der Waals surface area contributed by atoms with Gasteiger partial charge < -0.3 is 10.6 Å². The van der Waals surface area contributed by atoms with Crippen molar-refractivity contribution in [3.63, 3.8) is 0 Å². The lowest BCUT2D eigenvalue weighted by Crippen LogP contribution is -2.45. The molecular formula is C12H24N2O.